The van der Waals surface area contributed by atoms with E-state index in [0.29, 0.717) is 22.1 Å². The first kappa shape index (κ1) is 17.0. The van der Waals surface area contributed by atoms with Crippen molar-refractivity contribution in [1.29, 1.82) is 5.26 Å². The number of rotatable bonds is 3. The number of ether oxygens (including phenoxy) is 2. The van der Waals surface area contributed by atoms with E-state index in [9.17, 15) is 5.26 Å². The molecule has 0 amide bonds. The number of aromatic nitrogens is 3. The molecule has 0 spiro atoms. The molecule has 1 aliphatic heterocycles. The van der Waals surface area contributed by atoms with Crippen molar-refractivity contribution in [2.45, 2.75) is 0 Å². The minimum absolute atomic E-state index is 0.220. The van der Waals surface area contributed by atoms with Crippen LogP contribution in [0.15, 0.2) is 53.1 Å². The van der Waals surface area contributed by atoms with Gasteiger partial charge in [0, 0.05) is 10.0 Å². The summed E-state index contributed by atoms with van der Waals surface area (Å²) < 4.78 is 13.4. The highest BCUT2D eigenvalue weighted by Gasteiger charge is 2.15. The van der Waals surface area contributed by atoms with Gasteiger partial charge in [0.15, 0.2) is 16.5 Å². The highest BCUT2D eigenvalue weighted by atomic mass is 79.9. The first-order valence-corrected chi connectivity index (χ1v) is 9.94. The van der Waals surface area contributed by atoms with Crippen molar-refractivity contribution in [2.75, 3.05) is 6.79 Å². The highest BCUT2D eigenvalue weighted by molar-refractivity contribution is 9.10. The summed E-state index contributed by atoms with van der Waals surface area (Å²) >= 11 is 4.81. The zero-order valence-corrected chi connectivity index (χ0v) is 16.7. The Hall–Kier alpha value is -3.15. The number of nitrogens with zero attached hydrogens (tertiary/aromatic N) is 4. The third-order valence-corrected chi connectivity index (χ3v) is 5.73. The van der Waals surface area contributed by atoms with E-state index in [1.807, 2.05) is 48.7 Å². The van der Waals surface area contributed by atoms with Crippen molar-refractivity contribution in [3.05, 3.63) is 63.7 Å². The third kappa shape index (κ3) is 3.05. The maximum absolute atomic E-state index is 9.61. The highest BCUT2D eigenvalue weighted by Crippen LogP contribution is 2.34. The molecule has 1 aliphatic rings. The van der Waals surface area contributed by atoms with Crippen LogP contribution in [0.2, 0.25) is 0 Å². The van der Waals surface area contributed by atoms with Gasteiger partial charge < -0.3 is 9.47 Å². The van der Waals surface area contributed by atoms with E-state index in [1.165, 1.54) is 11.3 Å². The zero-order valence-electron chi connectivity index (χ0n) is 14.3. The molecule has 0 unspecified atom stereocenters. The van der Waals surface area contributed by atoms with Crippen molar-refractivity contribution in [2.24, 2.45) is 0 Å². The fraction of sp³-hybridized carbons (Fsp3) is 0.0500. The number of hydrogen-bond acceptors (Lipinski definition) is 6. The average Bonchev–Trinajstić information content (AvgIpc) is 3.40. The number of fused-ring (bicyclic) bond motifs is 2. The van der Waals surface area contributed by atoms with Crippen LogP contribution >= 0.6 is 27.3 Å². The molecule has 4 aromatic rings. The van der Waals surface area contributed by atoms with Gasteiger partial charge in [0.2, 0.25) is 11.8 Å². The van der Waals surface area contributed by atoms with Gasteiger partial charge in [-0.2, -0.15) is 10.4 Å². The quantitative estimate of drug-likeness (QED) is 0.410. The van der Waals surface area contributed by atoms with Crippen LogP contribution in [-0.2, 0) is 0 Å². The Morgan fingerprint density at radius 1 is 1.18 bits per heavy atom. The number of benzene rings is 2. The molecule has 2 aromatic heterocycles. The van der Waals surface area contributed by atoms with Crippen LogP contribution in [0.5, 0.6) is 11.5 Å². The van der Waals surface area contributed by atoms with Crippen LogP contribution in [0.4, 0.5) is 0 Å². The lowest BCUT2D eigenvalue weighted by Gasteiger charge is -1.98. The average molecular weight is 451 g/mol. The number of hydrogen-bond donors (Lipinski definition) is 0. The Kier molecular flexibility index (Phi) is 4.11. The molecule has 0 aliphatic carbocycles. The number of nitriles is 1. The molecule has 5 rings (SSSR count). The second-order valence-corrected chi connectivity index (χ2v) is 7.92. The van der Waals surface area contributed by atoms with E-state index >= 15 is 0 Å². The van der Waals surface area contributed by atoms with Crippen molar-refractivity contribution < 1.29 is 9.47 Å². The molecule has 136 valence electrons. The van der Waals surface area contributed by atoms with E-state index in [4.69, 9.17) is 9.47 Å². The third-order valence-electron chi connectivity index (χ3n) is 4.24. The second kappa shape index (κ2) is 6.78. The van der Waals surface area contributed by atoms with E-state index < -0.39 is 0 Å². The summed E-state index contributed by atoms with van der Waals surface area (Å²) in [5.41, 5.74) is 3.18. The van der Waals surface area contributed by atoms with Crippen molar-refractivity contribution in [1.82, 2.24) is 14.6 Å². The Morgan fingerprint density at radius 2 is 2.00 bits per heavy atom. The molecule has 2 aromatic carbocycles. The molecule has 0 fully saturated rings. The fourth-order valence-corrected chi connectivity index (χ4v) is 3.99. The van der Waals surface area contributed by atoms with Gasteiger partial charge in [-0.05, 0) is 35.9 Å². The van der Waals surface area contributed by atoms with Gasteiger partial charge in [-0.3, -0.25) is 0 Å². The summed E-state index contributed by atoms with van der Waals surface area (Å²) in [7, 11) is 0. The maximum atomic E-state index is 9.61. The van der Waals surface area contributed by atoms with Gasteiger partial charge in [-0.15, -0.1) is 0 Å². The topological polar surface area (TPSA) is 72.4 Å². The number of imidazole rings is 1. The summed E-state index contributed by atoms with van der Waals surface area (Å²) in [5.74, 6) is 1.39. The van der Waals surface area contributed by atoms with Gasteiger partial charge in [0.1, 0.15) is 6.07 Å². The molecule has 0 saturated carbocycles. The lowest BCUT2D eigenvalue weighted by atomic mass is 10.1. The SMILES string of the molecule is N#C/C(=C/c1ccc2c(c1)OCO2)c1nn2cc(-c3ccc(Br)cc3)nc2s1. The maximum Gasteiger partial charge on any atom is 0.231 e. The Balaban J connectivity index is 1.48. The normalized spacial score (nSPS) is 13.1. The lowest BCUT2D eigenvalue weighted by Crippen LogP contribution is -1.92. The lowest BCUT2D eigenvalue weighted by molar-refractivity contribution is 0.174. The standard InChI is InChI=1S/C20H11BrN4O2S/c21-15-4-2-13(3-5-15)16-10-25-20(23-16)28-19(24-25)14(9-22)7-12-1-6-17-18(8-12)27-11-26-17/h1-8,10H,11H2/b14-7-. The van der Waals surface area contributed by atoms with E-state index in [1.54, 1.807) is 10.6 Å². The van der Waals surface area contributed by atoms with Crippen molar-refractivity contribution in [3.63, 3.8) is 0 Å². The second-order valence-electron chi connectivity index (χ2n) is 6.05. The predicted molar refractivity (Wildman–Crippen MR) is 110 cm³/mol. The van der Waals surface area contributed by atoms with Crippen LogP contribution in [0.25, 0.3) is 27.9 Å². The molecular formula is C20H11BrN4O2S. The molecule has 0 atom stereocenters. The number of allylic oxidation sites excluding steroid dienone is 1. The Bertz CT molecular complexity index is 1240. The first-order chi connectivity index (χ1) is 13.7. The van der Waals surface area contributed by atoms with Crippen LogP contribution in [-0.4, -0.2) is 21.4 Å². The largest absolute Gasteiger partial charge is 0.454 e. The van der Waals surface area contributed by atoms with Crippen LogP contribution in [0, 0.1) is 11.3 Å². The van der Waals surface area contributed by atoms with E-state index in [2.05, 4.69) is 32.1 Å². The predicted octanol–water partition coefficient (Wildman–Crippen LogP) is 5.01. The molecule has 28 heavy (non-hydrogen) atoms. The molecule has 0 saturated heterocycles. The molecule has 0 bridgehead atoms. The van der Waals surface area contributed by atoms with Crippen LogP contribution < -0.4 is 9.47 Å². The minimum atomic E-state index is 0.220. The molecule has 0 radical (unpaired) electrons. The van der Waals surface area contributed by atoms with Crippen molar-refractivity contribution in [3.8, 4) is 28.8 Å². The van der Waals surface area contributed by atoms with Gasteiger partial charge in [-0.1, -0.05) is 45.5 Å². The minimum Gasteiger partial charge on any atom is -0.454 e. The zero-order chi connectivity index (χ0) is 19.1. The van der Waals surface area contributed by atoms with Gasteiger partial charge >= 0.3 is 0 Å². The molecule has 3 heterocycles. The molecule has 6 nitrogen and oxygen atoms in total. The first-order valence-electron chi connectivity index (χ1n) is 8.33. The summed E-state index contributed by atoms with van der Waals surface area (Å²) in [6.45, 7) is 0.220. The molecule has 8 heteroatoms. The smallest absolute Gasteiger partial charge is 0.231 e. The Morgan fingerprint density at radius 3 is 2.79 bits per heavy atom. The molecule has 0 N–H and O–H groups in total. The summed E-state index contributed by atoms with van der Waals surface area (Å²) in [5, 5.41) is 14.8. The summed E-state index contributed by atoms with van der Waals surface area (Å²) in [4.78, 5) is 5.37. The fourth-order valence-electron chi connectivity index (χ4n) is 2.88. The van der Waals surface area contributed by atoms with Crippen LogP contribution in [0.3, 0.4) is 0 Å². The number of halogens is 1. The van der Waals surface area contributed by atoms with Crippen molar-refractivity contribution >= 4 is 43.9 Å². The summed E-state index contributed by atoms with van der Waals surface area (Å²) in [6.07, 6.45) is 3.66. The van der Waals surface area contributed by atoms with E-state index in [-0.39, 0.29) is 6.79 Å². The molecular weight excluding hydrogens is 440 g/mol. The van der Waals surface area contributed by atoms with Gasteiger partial charge in [0.25, 0.3) is 0 Å². The van der Waals surface area contributed by atoms with Crippen LogP contribution in [0.1, 0.15) is 10.6 Å². The monoisotopic (exact) mass is 450 g/mol. The van der Waals surface area contributed by atoms with E-state index in [0.717, 1.165) is 26.3 Å². The van der Waals surface area contributed by atoms with Gasteiger partial charge in [-0.25, -0.2) is 9.50 Å². The van der Waals surface area contributed by atoms with Gasteiger partial charge in [0.05, 0.1) is 17.5 Å². The Labute approximate surface area is 172 Å². The summed E-state index contributed by atoms with van der Waals surface area (Å²) in [6, 6.07) is 15.7.